The van der Waals surface area contributed by atoms with Crippen LogP contribution >= 0.6 is 0 Å². The van der Waals surface area contributed by atoms with Gasteiger partial charge in [-0.25, -0.2) is 9.59 Å². The third kappa shape index (κ3) is 2.92. The summed E-state index contributed by atoms with van der Waals surface area (Å²) in [5, 5.41) is 0. The molecule has 0 fully saturated rings. The molecule has 0 radical (unpaired) electrons. The second kappa shape index (κ2) is 6.32. The number of esters is 2. The van der Waals surface area contributed by atoms with Crippen LogP contribution in [0.2, 0.25) is 0 Å². The molecule has 4 heteroatoms. The second-order valence-corrected chi connectivity index (χ2v) is 4.91. The van der Waals surface area contributed by atoms with Crippen molar-refractivity contribution in [3.05, 3.63) is 83.6 Å². The van der Waals surface area contributed by atoms with E-state index in [9.17, 15) is 9.59 Å². The molecule has 114 valence electrons. The highest BCUT2D eigenvalue weighted by Crippen LogP contribution is 2.31. The first kappa shape index (κ1) is 14.8. The maximum Gasteiger partial charge on any atom is 0.344 e. The van der Waals surface area contributed by atoms with E-state index in [1.54, 1.807) is 30.3 Å². The van der Waals surface area contributed by atoms with Gasteiger partial charge in [-0.15, -0.1) is 0 Å². The summed E-state index contributed by atoms with van der Waals surface area (Å²) < 4.78 is 10.2. The van der Waals surface area contributed by atoms with Gasteiger partial charge in [-0.1, -0.05) is 60.7 Å². The van der Waals surface area contributed by atoms with Crippen molar-refractivity contribution in [2.24, 2.45) is 0 Å². The molecule has 0 bridgehead atoms. The Morgan fingerprint density at radius 1 is 0.957 bits per heavy atom. The molecule has 0 amide bonds. The molecule has 0 aromatic heterocycles. The van der Waals surface area contributed by atoms with Crippen LogP contribution < -0.4 is 0 Å². The number of carbonyl (C=O) groups is 2. The van der Waals surface area contributed by atoms with Crippen LogP contribution in [0.4, 0.5) is 0 Å². The Morgan fingerprint density at radius 3 is 2.17 bits per heavy atom. The van der Waals surface area contributed by atoms with Crippen molar-refractivity contribution < 1.29 is 19.1 Å². The normalized spacial score (nSPS) is 15.7. The number of cyclic esters (lactones) is 1. The number of rotatable bonds is 3. The fraction of sp³-hybridized carbons (Fsp3) is 0.0526. The lowest BCUT2D eigenvalue weighted by atomic mass is 10.0. The number of ether oxygens (including phenoxy) is 2. The van der Waals surface area contributed by atoms with Crippen LogP contribution in [0.5, 0.6) is 0 Å². The minimum Gasteiger partial charge on any atom is -0.465 e. The monoisotopic (exact) mass is 306 g/mol. The number of hydrogen-bond acceptors (Lipinski definition) is 4. The molecule has 0 aliphatic carbocycles. The predicted octanol–water partition coefficient (Wildman–Crippen LogP) is 3.21. The number of hydrogen-bond donors (Lipinski definition) is 0. The number of methoxy groups -OCH3 is 1. The molecule has 2 aromatic rings. The Bertz CT molecular complexity index is 802. The van der Waals surface area contributed by atoms with Crippen molar-refractivity contribution in [1.29, 1.82) is 0 Å². The van der Waals surface area contributed by atoms with Crippen molar-refractivity contribution in [3.63, 3.8) is 0 Å². The first-order valence-electron chi connectivity index (χ1n) is 7.08. The van der Waals surface area contributed by atoms with Gasteiger partial charge in [0.15, 0.2) is 0 Å². The highest BCUT2D eigenvalue weighted by Gasteiger charge is 2.28. The Hall–Kier alpha value is -3.14. The van der Waals surface area contributed by atoms with Crippen LogP contribution in [-0.2, 0) is 19.1 Å². The third-order valence-electron chi connectivity index (χ3n) is 3.48. The van der Waals surface area contributed by atoms with Gasteiger partial charge in [0.2, 0.25) is 0 Å². The number of benzene rings is 2. The summed E-state index contributed by atoms with van der Waals surface area (Å²) in [7, 11) is 1.30. The lowest BCUT2D eigenvalue weighted by Crippen LogP contribution is -2.08. The highest BCUT2D eigenvalue weighted by molar-refractivity contribution is 6.24. The van der Waals surface area contributed by atoms with Gasteiger partial charge in [0.1, 0.15) is 11.3 Å². The van der Waals surface area contributed by atoms with Gasteiger partial charge in [0.25, 0.3) is 0 Å². The van der Waals surface area contributed by atoms with Crippen LogP contribution in [0.3, 0.4) is 0 Å². The molecular formula is C19H14O4. The van der Waals surface area contributed by atoms with E-state index in [2.05, 4.69) is 0 Å². The Labute approximate surface area is 133 Å². The Morgan fingerprint density at radius 2 is 1.57 bits per heavy atom. The summed E-state index contributed by atoms with van der Waals surface area (Å²) in [6.45, 7) is 0. The molecular weight excluding hydrogens is 292 g/mol. The van der Waals surface area contributed by atoms with Crippen molar-refractivity contribution in [1.82, 2.24) is 0 Å². The Kier molecular flexibility index (Phi) is 4.06. The smallest absolute Gasteiger partial charge is 0.344 e. The van der Waals surface area contributed by atoms with E-state index in [-0.39, 0.29) is 11.3 Å². The zero-order valence-corrected chi connectivity index (χ0v) is 12.5. The molecule has 3 rings (SSSR count). The molecule has 0 unspecified atom stereocenters. The molecule has 0 spiro atoms. The largest absolute Gasteiger partial charge is 0.465 e. The summed E-state index contributed by atoms with van der Waals surface area (Å²) in [6, 6.07) is 18.2. The highest BCUT2D eigenvalue weighted by atomic mass is 16.5. The van der Waals surface area contributed by atoms with Crippen LogP contribution in [0.1, 0.15) is 11.1 Å². The molecule has 0 saturated heterocycles. The van der Waals surface area contributed by atoms with E-state index in [1.807, 2.05) is 36.4 Å². The molecule has 1 aliphatic rings. The van der Waals surface area contributed by atoms with Gasteiger partial charge in [-0.3, -0.25) is 0 Å². The van der Waals surface area contributed by atoms with Crippen molar-refractivity contribution in [2.75, 3.05) is 7.11 Å². The summed E-state index contributed by atoms with van der Waals surface area (Å²) >= 11 is 0. The average molecular weight is 306 g/mol. The third-order valence-corrected chi connectivity index (χ3v) is 3.48. The fourth-order valence-corrected chi connectivity index (χ4v) is 2.38. The van der Waals surface area contributed by atoms with Gasteiger partial charge >= 0.3 is 11.9 Å². The molecule has 1 aliphatic heterocycles. The molecule has 1 heterocycles. The Balaban J connectivity index is 2.13. The van der Waals surface area contributed by atoms with Crippen LogP contribution in [0.15, 0.2) is 72.5 Å². The standard InChI is InChI=1S/C19H14O4/c1-22-19(21)17(14-10-6-3-7-11-14)16-12-15(18(20)23-16)13-8-4-2-5-9-13/h2-12H,1H3/b17-16+. The molecule has 0 N–H and O–H groups in total. The van der Waals surface area contributed by atoms with Gasteiger partial charge in [-0.05, 0) is 17.2 Å². The SMILES string of the molecule is COC(=O)/C(=C1\C=C(c2ccccc2)C(=O)O1)c1ccccc1. The van der Waals surface area contributed by atoms with E-state index in [0.717, 1.165) is 5.56 Å². The second-order valence-electron chi connectivity index (χ2n) is 4.91. The number of carbonyl (C=O) groups excluding carboxylic acids is 2. The topological polar surface area (TPSA) is 52.6 Å². The lowest BCUT2D eigenvalue weighted by Gasteiger charge is -2.07. The molecule has 23 heavy (non-hydrogen) atoms. The fourth-order valence-electron chi connectivity index (χ4n) is 2.38. The van der Waals surface area contributed by atoms with E-state index < -0.39 is 11.9 Å². The maximum atomic E-state index is 12.2. The van der Waals surface area contributed by atoms with Gasteiger partial charge in [0.05, 0.1) is 12.7 Å². The lowest BCUT2D eigenvalue weighted by molar-refractivity contribution is -0.134. The molecule has 4 nitrogen and oxygen atoms in total. The van der Waals surface area contributed by atoms with Crippen molar-refractivity contribution in [3.8, 4) is 0 Å². The van der Waals surface area contributed by atoms with Crippen LogP contribution in [-0.4, -0.2) is 19.0 Å². The van der Waals surface area contributed by atoms with E-state index in [1.165, 1.54) is 7.11 Å². The minimum atomic E-state index is -0.551. The van der Waals surface area contributed by atoms with E-state index in [4.69, 9.17) is 9.47 Å². The zero-order chi connectivity index (χ0) is 16.2. The minimum absolute atomic E-state index is 0.201. The first-order valence-corrected chi connectivity index (χ1v) is 7.08. The van der Waals surface area contributed by atoms with E-state index in [0.29, 0.717) is 11.1 Å². The van der Waals surface area contributed by atoms with Gasteiger partial charge < -0.3 is 9.47 Å². The van der Waals surface area contributed by atoms with Gasteiger partial charge in [-0.2, -0.15) is 0 Å². The summed E-state index contributed by atoms with van der Waals surface area (Å²) in [5.41, 5.74) is 2.02. The molecule has 0 atom stereocenters. The average Bonchev–Trinajstić information content (AvgIpc) is 2.98. The quantitative estimate of drug-likeness (QED) is 0.645. The number of allylic oxidation sites excluding steroid dienone is 1. The summed E-state index contributed by atoms with van der Waals surface area (Å²) in [5.74, 6) is -0.833. The first-order chi connectivity index (χ1) is 11.2. The zero-order valence-electron chi connectivity index (χ0n) is 12.5. The van der Waals surface area contributed by atoms with Crippen molar-refractivity contribution in [2.45, 2.75) is 0 Å². The molecule has 2 aromatic carbocycles. The predicted molar refractivity (Wildman–Crippen MR) is 85.9 cm³/mol. The maximum absolute atomic E-state index is 12.2. The van der Waals surface area contributed by atoms with Crippen LogP contribution in [0.25, 0.3) is 11.1 Å². The summed E-state index contributed by atoms with van der Waals surface area (Å²) in [4.78, 5) is 24.3. The van der Waals surface area contributed by atoms with Gasteiger partial charge in [0, 0.05) is 0 Å². The van der Waals surface area contributed by atoms with Crippen LogP contribution in [0, 0.1) is 0 Å². The van der Waals surface area contributed by atoms with E-state index >= 15 is 0 Å². The summed E-state index contributed by atoms with van der Waals surface area (Å²) in [6.07, 6.45) is 1.58. The molecule has 0 saturated carbocycles. The van der Waals surface area contributed by atoms with Crippen molar-refractivity contribution >= 4 is 23.1 Å².